The van der Waals surface area contributed by atoms with Gasteiger partial charge in [0.05, 0.1) is 0 Å². The van der Waals surface area contributed by atoms with Gasteiger partial charge in [0.25, 0.3) is 0 Å². The quantitative estimate of drug-likeness (QED) is 0.340. The number of carbonyl (C=O) groups is 1. The highest BCUT2D eigenvalue weighted by atomic mass is 16.1. The van der Waals surface area contributed by atoms with Gasteiger partial charge in [0, 0.05) is 32.7 Å². The average molecular weight is 189 g/mol. The molecule has 1 atom stereocenters. The minimum absolute atomic E-state index is 0.204. The van der Waals surface area contributed by atoms with Gasteiger partial charge in [-0.15, -0.1) is 0 Å². The molecule has 0 aliphatic carbocycles. The van der Waals surface area contributed by atoms with Gasteiger partial charge in [-0.05, 0) is 0 Å². The summed E-state index contributed by atoms with van der Waals surface area (Å²) < 4.78 is 0. The zero-order valence-corrected chi connectivity index (χ0v) is 7.78. The molecule has 1 amide bonds. The largest absolute Gasteiger partial charge is 0.368 e. The third kappa shape index (κ3) is 4.18. The van der Waals surface area contributed by atoms with E-state index in [1.54, 1.807) is 0 Å². The van der Waals surface area contributed by atoms with Gasteiger partial charge in [-0.1, -0.05) is 0 Å². The molecule has 0 aromatic rings. The smallest absolute Gasteiger partial charge is 0.236 e. The van der Waals surface area contributed by atoms with E-state index in [9.17, 15) is 4.79 Å². The maximum atomic E-state index is 10.9. The van der Waals surface area contributed by atoms with E-state index in [-0.39, 0.29) is 6.54 Å². The molecule has 6 nitrogen and oxygen atoms in total. The van der Waals surface area contributed by atoms with Crippen LogP contribution in [-0.2, 0) is 4.79 Å². The lowest BCUT2D eigenvalue weighted by Crippen LogP contribution is -2.52. The number of carbonyl (C=O) groups excluding carboxylic acids is 1. The molecule has 13 heavy (non-hydrogen) atoms. The molecule has 8 N–H and O–H groups in total. The van der Waals surface area contributed by atoms with Crippen LogP contribution in [0.15, 0.2) is 0 Å². The fourth-order valence-electron chi connectivity index (χ4n) is 1.20. The number of nitrogens with two attached hydrogens (primary N) is 4. The van der Waals surface area contributed by atoms with Gasteiger partial charge in [0.1, 0.15) is 6.04 Å². The maximum Gasteiger partial charge on any atom is 0.236 e. The van der Waals surface area contributed by atoms with Crippen molar-refractivity contribution in [1.29, 1.82) is 0 Å². The van der Waals surface area contributed by atoms with Crippen molar-refractivity contribution in [3.8, 4) is 0 Å². The summed E-state index contributed by atoms with van der Waals surface area (Å²) in [5.74, 6) is -0.426. The summed E-state index contributed by atoms with van der Waals surface area (Å²) >= 11 is 0. The van der Waals surface area contributed by atoms with E-state index in [1.165, 1.54) is 0 Å². The number of rotatable bonds is 7. The molecular formula is C7H19N5O. The normalized spacial score (nSPS) is 13.2. The molecule has 0 spiro atoms. The van der Waals surface area contributed by atoms with Crippen LogP contribution in [0.4, 0.5) is 0 Å². The summed E-state index contributed by atoms with van der Waals surface area (Å²) in [5, 5.41) is 0. The van der Waals surface area contributed by atoms with Gasteiger partial charge in [-0.25, -0.2) is 0 Å². The first kappa shape index (κ1) is 12.3. The second-order valence-corrected chi connectivity index (χ2v) is 2.77. The molecule has 0 fully saturated rings. The Kier molecular flexibility index (Phi) is 6.43. The van der Waals surface area contributed by atoms with E-state index in [2.05, 4.69) is 0 Å². The highest BCUT2D eigenvalue weighted by molar-refractivity contribution is 5.80. The molecular weight excluding hydrogens is 170 g/mol. The Morgan fingerprint density at radius 2 is 1.62 bits per heavy atom. The van der Waals surface area contributed by atoms with Crippen molar-refractivity contribution < 1.29 is 4.79 Å². The fourth-order valence-corrected chi connectivity index (χ4v) is 1.20. The Balaban J connectivity index is 4.20. The number of nitrogens with zero attached hydrogens (tertiary/aromatic N) is 1. The lowest BCUT2D eigenvalue weighted by atomic mass is 10.2. The second kappa shape index (κ2) is 6.79. The monoisotopic (exact) mass is 189 g/mol. The summed E-state index contributed by atoms with van der Waals surface area (Å²) in [5.41, 5.74) is 21.3. The Morgan fingerprint density at radius 1 is 1.15 bits per heavy atom. The number of hydrogen-bond donors (Lipinski definition) is 4. The van der Waals surface area contributed by atoms with E-state index in [0.717, 1.165) is 0 Å². The summed E-state index contributed by atoms with van der Waals surface area (Å²) in [6, 6.07) is -0.452. The molecule has 1 unspecified atom stereocenters. The predicted molar refractivity (Wildman–Crippen MR) is 51.7 cm³/mol. The van der Waals surface area contributed by atoms with Crippen molar-refractivity contribution in [3.63, 3.8) is 0 Å². The first-order valence-electron chi connectivity index (χ1n) is 4.31. The van der Waals surface area contributed by atoms with Gasteiger partial charge in [-0.3, -0.25) is 9.69 Å². The van der Waals surface area contributed by atoms with Crippen LogP contribution in [0.5, 0.6) is 0 Å². The van der Waals surface area contributed by atoms with Crippen LogP contribution in [-0.4, -0.2) is 49.6 Å². The summed E-state index contributed by atoms with van der Waals surface area (Å²) in [6.45, 7) is 2.30. The van der Waals surface area contributed by atoms with Crippen molar-refractivity contribution in [3.05, 3.63) is 0 Å². The molecule has 0 saturated heterocycles. The molecule has 0 rings (SSSR count). The first-order valence-corrected chi connectivity index (χ1v) is 4.31. The first-order chi connectivity index (χ1) is 6.17. The molecule has 0 radical (unpaired) electrons. The molecule has 0 aliphatic rings. The molecule has 0 heterocycles. The Morgan fingerprint density at radius 3 is 1.85 bits per heavy atom. The molecule has 0 aliphatic heterocycles. The molecule has 0 aromatic heterocycles. The minimum atomic E-state index is -0.452. The highest BCUT2D eigenvalue weighted by Crippen LogP contribution is 1.95. The Bertz CT molecular complexity index is 146. The van der Waals surface area contributed by atoms with Gasteiger partial charge in [0.15, 0.2) is 0 Å². The summed E-state index contributed by atoms with van der Waals surface area (Å²) in [4.78, 5) is 12.7. The second-order valence-electron chi connectivity index (χ2n) is 2.77. The lowest BCUT2D eigenvalue weighted by Gasteiger charge is -2.27. The number of hydrogen-bond acceptors (Lipinski definition) is 5. The van der Waals surface area contributed by atoms with Crippen LogP contribution in [0.1, 0.15) is 0 Å². The van der Waals surface area contributed by atoms with Crippen molar-refractivity contribution in [2.24, 2.45) is 22.9 Å². The van der Waals surface area contributed by atoms with Crippen molar-refractivity contribution in [1.82, 2.24) is 4.90 Å². The van der Waals surface area contributed by atoms with E-state index < -0.39 is 11.9 Å². The van der Waals surface area contributed by atoms with Crippen LogP contribution in [0.2, 0.25) is 0 Å². The molecule has 0 aromatic carbocycles. The zero-order valence-electron chi connectivity index (χ0n) is 7.78. The van der Waals surface area contributed by atoms with Crippen molar-refractivity contribution in [2.45, 2.75) is 6.04 Å². The van der Waals surface area contributed by atoms with Crippen LogP contribution >= 0.6 is 0 Å². The van der Waals surface area contributed by atoms with E-state index >= 15 is 0 Å². The minimum Gasteiger partial charge on any atom is -0.368 e. The van der Waals surface area contributed by atoms with E-state index in [4.69, 9.17) is 22.9 Å². The number of primary amides is 1. The summed E-state index contributed by atoms with van der Waals surface area (Å²) in [6.07, 6.45) is 0. The fraction of sp³-hybridized carbons (Fsp3) is 0.857. The van der Waals surface area contributed by atoms with Crippen LogP contribution in [0.25, 0.3) is 0 Å². The third-order valence-corrected chi connectivity index (χ3v) is 1.83. The molecule has 6 heteroatoms. The van der Waals surface area contributed by atoms with E-state index in [1.807, 2.05) is 4.90 Å². The maximum absolute atomic E-state index is 10.9. The van der Waals surface area contributed by atoms with Gasteiger partial charge in [-0.2, -0.15) is 0 Å². The lowest BCUT2D eigenvalue weighted by molar-refractivity contribution is -0.122. The molecule has 0 saturated carbocycles. The average Bonchev–Trinajstić information content (AvgIpc) is 2.05. The van der Waals surface area contributed by atoms with Crippen LogP contribution in [0.3, 0.4) is 0 Å². The van der Waals surface area contributed by atoms with Crippen molar-refractivity contribution in [2.75, 3.05) is 32.7 Å². The summed E-state index contributed by atoms with van der Waals surface area (Å²) in [7, 11) is 0. The van der Waals surface area contributed by atoms with E-state index in [0.29, 0.717) is 26.2 Å². The SMILES string of the molecule is NCCN(CCN)C(CN)C(N)=O. The standard InChI is InChI=1S/C7H19N5O/c8-1-3-12(4-2-9)6(5-10)7(11)13/h6H,1-5,8-10H2,(H2,11,13). The highest BCUT2D eigenvalue weighted by Gasteiger charge is 2.20. The van der Waals surface area contributed by atoms with Crippen molar-refractivity contribution >= 4 is 5.91 Å². The van der Waals surface area contributed by atoms with Crippen LogP contribution < -0.4 is 22.9 Å². The third-order valence-electron chi connectivity index (χ3n) is 1.83. The van der Waals surface area contributed by atoms with Gasteiger partial charge < -0.3 is 22.9 Å². The topological polar surface area (TPSA) is 124 Å². The number of amides is 1. The van der Waals surface area contributed by atoms with Gasteiger partial charge in [0.2, 0.25) is 5.91 Å². The molecule has 0 bridgehead atoms. The van der Waals surface area contributed by atoms with Crippen LogP contribution in [0, 0.1) is 0 Å². The van der Waals surface area contributed by atoms with Gasteiger partial charge >= 0.3 is 0 Å². The predicted octanol–water partition coefficient (Wildman–Crippen LogP) is -2.98. The Hall–Kier alpha value is -0.690. The molecule has 78 valence electrons. The Labute approximate surface area is 78.2 Å². The zero-order chi connectivity index (χ0) is 10.3.